The molecule has 0 spiro atoms. The average Bonchev–Trinajstić information content (AvgIpc) is 2.84. The molecule has 10 heteroatoms. The van der Waals surface area contributed by atoms with Crippen LogP contribution in [0, 0.1) is 17.8 Å². The van der Waals surface area contributed by atoms with Crippen LogP contribution in [-0.2, 0) is 10.0 Å². The van der Waals surface area contributed by atoms with Crippen molar-refractivity contribution < 1.29 is 28.2 Å². The minimum absolute atomic E-state index is 0.0413. The molecule has 0 saturated carbocycles. The maximum atomic E-state index is 13.5. The van der Waals surface area contributed by atoms with E-state index < -0.39 is 28.3 Å². The number of amides is 1. The van der Waals surface area contributed by atoms with Crippen LogP contribution in [0.4, 0.5) is 0 Å². The molecule has 2 aromatic rings. The SMILES string of the molecule is C[C@H](O)C#Cc1ccc2c(c1)O[C@@H](CN(C)C(=O)c1ccncc1)[C@@H](C)CN([C@H](C)CO)S2(=O)=O. The van der Waals surface area contributed by atoms with Crippen molar-refractivity contribution in [1.29, 1.82) is 0 Å². The van der Waals surface area contributed by atoms with Gasteiger partial charge in [-0.1, -0.05) is 18.8 Å². The molecule has 0 radical (unpaired) electrons. The molecule has 2 N–H and O–H groups in total. The van der Waals surface area contributed by atoms with Crippen molar-refractivity contribution in [2.24, 2.45) is 5.92 Å². The van der Waals surface area contributed by atoms with Crippen LogP contribution in [0.5, 0.6) is 5.75 Å². The van der Waals surface area contributed by atoms with Crippen LogP contribution in [0.25, 0.3) is 0 Å². The third kappa shape index (κ3) is 6.18. The topological polar surface area (TPSA) is 120 Å². The Labute approximate surface area is 206 Å². The Bertz CT molecular complexity index is 1210. The van der Waals surface area contributed by atoms with Crippen molar-refractivity contribution in [3.8, 4) is 17.6 Å². The third-order valence-electron chi connectivity index (χ3n) is 5.82. The van der Waals surface area contributed by atoms with Gasteiger partial charge in [-0.05, 0) is 44.2 Å². The van der Waals surface area contributed by atoms with E-state index >= 15 is 0 Å². The number of hydrogen-bond acceptors (Lipinski definition) is 7. The van der Waals surface area contributed by atoms with Gasteiger partial charge in [0.2, 0.25) is 10.0 Å². The number of pyridine rings is 1. The van der Waals surface area contributed by atoms with E-state index in [2.05, 4.69) is 16.8 Å². The number of aliphatic hydroxyl groups excluding tert-OH is 2. The number of likely N-dealkylation sites (N-methyl/N-ethyl adjacent to an activating group) is 1. The largest absolute Gasteiger partial charge is 0.487 e. The summed E-state index contributed by atoms with van der Waals surface area (Å²) in [5.41, 5.74) is 0.963. The fourth-order valence-electron chi connectivity index (χ4n) is 3.78. The lowest BCUT2D eigenvalue weighted by molar-refractivity contribution is 0.0563. The molecule has 1 aromatic heterocycles. The van der Waals surface area contributed by atoms with E-state index in [4.69, 9.17) is 4.74 Å². The predicted octanol–water partition coefficient (Wildman–Crippen LogP) is 1.35. The van der Waals surface area contributed by atoms with Gasteiger partial charge in [0.15, 0.2) is 0 Å². The van der Waals surface area contributed by atoms with Gasteiger partial charge in [-0.15, -0.1) is 0 Å². The second-order valence-electron chi connectivity index (χ2n) is 8.77. The molecule has 1 amide bonds. The lowest BCUT2D eigenvalue weighted by atomic mass is 10.0. The van der Waals surface area contributed by atoms with Gasteiger partial charge in [0.1, 0.15) is 22.9 Å². The monoisotopic (exact) mass is 501 g/mol. The smallest absolute Gasteiger partial charge is 0.253 e. The summed E-state index contributed by atoms with van der Waals surface area (Å²) in [6, 6.07) is 7.10. The molecule has 188 valence electrons. The van der Waals surface area contributed by atoms with Gasteiger partial charge in [0.05, 0.1) is 13.2 Å². The fraction of sp³-hybridized carbons (Fsp3) is 0.440. The summed E-state index contributed by atoms with van der Waals surface area (Å²) in [6.45, 7) is 4.99. The highest BCUT2D eigenvalue weighted by Crippen LogP contribution is 2.34. The van der Waals surface area contributed by atoms with Crippen molar-refractivity contribution in [3.63, 3.8) is 0 Å². The number of hydrogen-bond donors (Lipinski definition) is 2. The lowest BCUT2D eigenvalue weighted by Gasteiger charge is -2.37. The number of carbonyl (C=O) groups excluding carboxylic acids is 1. The number of rotatable bonds is 5. The van der Waals surface area contributed by atoms with Crippen LogP contribution in [0.3, 0.4) is 0 Å². The molecule has 0 bridgehead atoms. The molecular formula is C25H31N3O6S. The van der Waals surface area contributed by atoms with Crippen LogP contribution in [-0.4, -0.2) is 83.7 Å². The second-order valence-corrected chi connectivity index (χ2v) is 10.6. The first-order valence-corrected chi connectivity index (χ1v) is 12.8. The fourth-order valence-corrected chi connectivity index (χ4v) is 5.60. The van der Waals surface area contributed by atoms with Gasteiger partial charge in [-0.3, -0.25) is 9.78 Å². The number of aliphatic hydroxyl groups is 2. The Morgan fingerprint density at radius 3 is 2.60 bits per heavy atom. The van der Waals surface area contributed by atoms with E-state index in [0.717, 1.165) is 0 Å². The zero-order chi connectivity index (χ0) is 25.8. The number of nitrogens with zero attached hydrogens (tertiary/aromatic N) is 3. The van der Waals surface area contributed by atoms with Crippen molar-refractivity contribution in [3.05, 3.63) is 53.9 Å². The summed E-state index contributed by atoms with van der Waals surface area (Å²) in [4.78, 5) is 18.3. The summed E-state index contributed by atoms with van der Waals surface area (Å²) < 4.78 is 34.5. The van der Waals surface area contributed by atoms with Crippen molar-refractivity contribution in [2.75, 3.05) is 26.7 Å². The maximum Gasteiger partial charge on any atom is 0.253 e. The normalized spacial score (nSPS) is 21.2. The molecule has 0 saturated heterocycles. The van der Waals surface area contributed by atoms with Crippen LogP contribution >= 0.6 is 0 Å². The predicted molar refractivity (Wildman–Crippen MR) is 130 cm³/mol. The van der Waals surface area contributed by atoms with Gasteiger partial charge in [0.25, 0.3) is 5.91 Å². The number of ether oxygens (including phenoxy) is 1. The minimum Gasteiger partial charge on any atom is -0.487 e. The highest BCUT2D eigenvalue weighted by Gasteiger charge is 2.38. The van der Waals surface area contributed by atoms with Crippen molar-refractivity contribution in [2.45, 2.75) is 43.9 Å². The first-order chi connectivity index (χ1) is 16.5. The van der Waals surface area contributed by atoms with Gasteiger partial charge in [0, 0.05) is 49.1 Å². The third-order valence-corrected chi connectivity index (χ3v) is 7.84. The molecule has 1 aromatic carbocycles. The first-order valence-electron chi connectivity index (χ1n) is 11.3. The molecule has 2 heterocycles. The van der Waals surface area contributed by atoms with E-state index in [1.165, 1.54) is 28.3 Å². The highest BCUT2D eigenvalue weighted by molar-refractivity contribution is 7.89. The molecule has 9 nitrogen and oxygen atoms in total. The van der Waals surface area contributed by atoms with Crippen LogP contribution in [0.15, 0.2) is 47.6 Å². The van der Waals surface area contributed by atoms with Crippen molar-refractivity contribution >= 4 is 15.9 Å². The van der Waals surface area contributed by atoms with Crippen molar-refractivity contribution in [1.82, 2.24) is 14.2 Å². The van der Waals surface area contributed by atoms with Gasteiger partial charge >= 0.3 is 0 Å². The molecule has 0 aliphatic carbocycles. The zero-order valence-corrected chi connectivity index (χ0v) is 21.1. The molecule has 3 rings (SSSR count). The number of carbonyl (C=O) groups is 1. The van der Waals surface area contributed by atoms with Crippen LogP contribution in [0.2, 0.25) is 0 Å². The maximum absolute atomic E-state index is 13.5. The summed E-state index contributed by atoms with van der Waals surface area (Å²) >= 11 is 0. The molecule has 0 fully saturated rings. The Morgan fingerprint density at radius 1 is 1.29 bits per heavy atom. The summed E-state index contributed by atoms with van der Waals surface area (Å²) in [6.07, 6.45) is 1.69. The summed E-state index contributed by atoms with van der Waals surface area (Å²) in [5.74, 6) is 5.03. The zero-order valence-electron chi connectivity index (χ0n) is 20.2. The summed E-state index contributed by atoms with van der Waals surface area (Å²) in [7, 11) is -2.32. The minimum atomic E-state index is -3.98. The van der Waals surface area contributed by atoms with E-state index in [1.807, 2.05) is 6.92 Å². The first kappa shape index (κ1) is 26.6. The lowest BCUT2D eigenvalue weighted by Crippen LogP contribution is -2.50. The number of sulfonamides is 1. The molecule has 1 aliphatic rings. The quantitative estimate of drug-likeness (QED) is 0.594. The van der Waals surface area contributed by atoms with Crippen LogP contribution < -0.4 is 4.74 Å². The molecule has 1 aliphatic heterocycles. The Morgan fingerprint density at radius 2 is 1.97 bits per heavy atom. The molecular weight excluding hydrogens is 470 g/mol. The van der Waals surface area contributed by atoms with E-state index in [0.29, 0.717) is 11.1 Å². The van der Waals surface area contributed by atoms with E-state index in [-0.39, 0.29) is 42.2 Å². The van der Waals surface area contributed by atoms with Gasteiger partial charge in [-0.25, -0.2) is 8.42 Å². The molecule has 4 atom stereocenters. The number of benzene rings is 1. The molecule has 35 heavy (non-hydrogen) atoms. The van der Waals surface area contributed by atoms with E-state index in [9.17, 15) is 23.4 Å². The Hall–Kier alpha value is -2.97. The van der Waals surface area contributed by atoms with Gasteiger partial charge < -0.3 is 19.8 Å². The molecule has 0 unspecified atom stereocenters. The Kier molecular flexibility index (Phi) is 8.51. The average molecular weight is 502 g/mol. The summed E-state index contributed by atoms with van der Waals surface area (Å²) in [5, 5.41) is 19.2. The van der Waals surface area contributed by atoms with Crippen LogP contribution in [0.1, 0.15) is 36.7 Å². The number of fused-ring (bicyclic) bond motifs is 1. The standard InChI is InChI=1S/C25H31N3O6S/c1-17-14-28(18(2)16-29)35(32,33)24-8-7-20(6-5-19(3)30)13-22(24)34-23(17)15-27(4)25(31)21-9-11-26-12-10-21/h7-13,17-19,23,29-30H,14-16H2,1-4H3/t17-,18+,19-,23-/m0/s1. The van der Waals surface area contributed by atoms with E-state index in [1.54, 1.807) is 44.6 Å². The highest BCUT2D eigenvalue weighted by atomic mass is 32.2. The second kappa shape index (κ2) is 11.2. The number of aromatic nitrogens is 1. The van der Waals surface area contributed by atoms with Gasteiger partial charge in [-0.2, -0.15) is 4.31 Å². The Balaban J connectivity index is 2.02.